The van der Waals surface area contributed by atoms with Crippen molar-refractivity contribution in [3.8, 4) is 5.69 Å². The highest BCUT2D eigenvalue weighted by atomic mass is 35.5. The van der Waals surface area contributed by atoms with Gasteiger partial charge in [0.2, 0.25) is 0 Å². The Kier molecular flexibility index (Phi) is 4.82. The van der Waals surface area contributed by atoms with Crippen molar-refractivity contribution in [2.24, 2.45) is 0 Å². The van der Waals surface area contributed by atoms with Gasteiger partial charge in [0.25, 0.3) is 0 Å². The van der Waals surface area contributed by atoms with Gasteiger partial charge in [0.05, 0.1) is 22.8 Å². The zero-order chi connectivity index (χ0) is 18.0. The number of nitrogens with one attached hydrogen (secondary N) is 2. The van der Waals surface area contributed by atoms with Crippen molar-refractivity contribution in [2.75, 3.05) is 5.32 Å². The molecule has 3 aromatic rings. The summed E-state index contributed by atoms with van der Waals surface area (Å²) in [6.45, 7) is 0.142. The van der Waals surface area contributed by atoms with Gasteiger partial charge in [-0.25, -0.2) is 0 Å². The molecule has 0 amide bonds. The monoisotopic (exact) mass is 384 g/mol. The molecular weight excluding hydrogens is 373 g/mol. The molecule has 1 aromatic heterocycles. The fourth-order valence-corrected chi connectivity index (χ4v) is 2.74. The molecule has 0 unspecified atom stereocenters. The van der Waals surface area contributed by atoms with Crippen LogP contribution in [0.2, 0.25) is 5.02 Å². The highest BCUT2D eigenvalue weighted by molar-refractivity contribution is 7.71. The van der Waals surface area contributed by atoms with Gasteiger partial charge in [-0.3, -0.25) is 9.67 Å². The molecule has 130 valence electrons. The Labute approximate surface area is 151 Å². The third kappa shape index (κ3) is 3.85. The third-order valence-electron chi connectivity index (χ3n) is 3.49. The highest BCUT2D eigenvalue weighted by Gasteiger charge is 2.31. The maximum atomic E-state index is 12.8. The van der Waals surface area contributed by atoms with Crippen LogP contribution in [-0.2, 0) is 12.7 Å². The average molecular weight is 385 g/mol. The lowest BCUT2D eigenvalue weighted by Crippen LogP contribution is -2.10. The second-order valence-electron chi connectivity index (χ2n) is 5.16. The molecule has 4 nitrogen and oxygen atoms in total. The largest absolute Gasteiger partial charge is 0.416 e. The lowest BCUT2D eigenvalue weighted by molar-refractivity contribution is -0.137. The van der Waals surface area contributed by atoms with Crippen LogP contribution >= 0.6 is 23.8 Å². The van der Waals surface area contributed by atoms with E-state index in [1.54, 1.807) is 4.57 Å². The summed E-state index contributed by atoms with van der Waals surface area (Å²) in [4.78, 5) is 0. The Morgan fingerprint density at radius 2 is 1.88 bits per heavy atom. The van der Waals surface area contributed by atoms with E-state index in [2.05, 4.69) is 15.5 Å². The molecule has 0 aliphatic rings. The molecular formula is C16H12ClF3N4S. The van der Waals surface area contributed by atoms with Crippen LogP contribution in [-0.4, -0.2) is 14.8 Å². The van der Waals surface area contributed by atoms with Crippen LogP contribution in [0.4, 0.5) is 18.9 Å². The topological polar surface area (TPSA) is 45.6 Å². The van der Waals surface area contributed by atoms with E-state index in [1.165, 1.54) is 6.07 Å². The van der Waals surface area contributed by atoms with E-state index < -0.39 is 11.7 Å². The number of para-hydroxylation sites is 1. The summed E-state index contributed by atoms with van der Waals surface area (Å²) < 4.78 is 40.6. The Balaban J connectivity index is 1.88. The van der Waals surface area contributed by atoms with Crippen molar-refractivity contribution < 1.29 is 13.2 Å². The molecule has 0 aliphatic heterocycles. The molecule has 0 saturated carbocycles. The molecule has 2 aromatic carbocycles. The first-order valence-corrected chi connectivity index (χ1v) is 7.97. The van der Waals surface area contributed by atoms with Gasteiger partial charge in [-0.2, -0.15) is 18.3 Å². The SMILES string of the molecule is FC(F)(F)c1ccc(Cl)c(NCc2n[nH]c(=S)n2-c2ccccc2)c1. The van der Waals surface area contributed by atoms with Crippen LogP contribution in [0.1, 0.15) is 11.4 Å². The van der Waals surface area contributed by atoms with E-state index in [0.29, 0.717) is 10.6 Å². The molecule has 0 fully saturated rings. The fraction of sp³-hybridized carbons (Fsp3) is 0.125. The molecule has 0 bridgehead atoms. The van der Waals surface area contributed by atoms with Gasteiger partial charge in [-0.05, 0) is 42.5 Å². The Morgan fingerprint density at radius 3 is 2.56 bits per heavy atom. The average Bonchev–Trinajstić information content (AvgIpc) is 2.94. The van der Waals surface area contributed by atoms with E-state index in [0.717, 1.165) is 17.8 Å². The number of alkyl halides is 3. The predicted molar refractivity (Wildman–Crippen MR) is 92.5 cm³/mol. The number of rotatable bonds is 4. The van der Waals surface area contributed by atoms with Crippen molar-refractivity contribution >= 4 is 29.5 Å². The first-order chi connectivity index (χ1) is 11.9. The van der Waals surface area contributed by atoms with Crippen molar-refractivity contribution in [1.82, 2.24) is 14.8 Å². The summed E-state index contributed by atoms with van der Waals surface area (Å²) in [5, 5.41) is 9.88. The van der Waals surface area contributed by atoms with E-state index in [9.17, 15) is 13.2 Å². The number of H-pyrrole nitrogens is 1. The van der Waals surface area contributed by atoms with Crippen LogP contribution in [0.15, 0.2) is 48.5 Å². The summed E-state index contributed by atoms with van der Waals surface area (Å²) in [6.07, 6.45) is -4.44. The van der Waals surface area contributed by atoms with E-state index in [4.69, 9.17) is 23.8 Å². The predicted octanol–water partition coefficient (Wildman–Crippen LogP) is 5.21. The maximum absolute atomic E-state index is 12.8. The summed E-state index contributed by atoms with van der Waals surface area (Å²) >= 11 is 11.2. The quantitative estimate of drug-likeness (QED) is 0.606. The summed E-state index contributed by atoms with van der Waals surface area (Å²) in [5.41, 5.74) is 0.194. The number of hydrogen-bond acceptors (Lipinski definition) is 3. The molecule has 0 radical (unpaired) electrons. The molecule has 1 heterocycles. The fourth-order valence-electron chi connectivity index (χ4n) is 2.30. The molecule has 0 spiro atoms. The zero-order valence-electron chi connectivity index (χ0n) is 12.6. The molecule has 0 atom stereocenters. The molecule has 3 rings (SSSR count). The van der Waals surface area contributed by atoms with Gasteiger partial charge in [0.1, 0.15) is 0 Å². The molecule has 0 saturated heterocycles. The smallest absolute Gasteiger partial charge is 0.377 e. The van der Waals surface area contributed by atoms with Crippen molar-refractivity contribution in [2.45, 2.75) is 12.7 Å². The van der Waals surface area contributed by atoms with E-state index in [-0.39, 0.29) is 17.3 Å². The van der Waals surface area contributed by atoms with Crippen molar-refractivity contribution in [3.63, 3.8) is 0 Å². The zero-order valence-corrected chi connectivity index (χ0v) is 14.2. The van der Waals surface area contributed by atoms with Gasteiger partial charge < -0.3 is 5.32 Å². The number of benzene rings is 2. The van der Waals surface area contributed by atoms with Crippen molar-refractivity contribution in [1.29, 1.82) is 0 Å². The normalized spacial score (nSPS) is 11.5. The lowest BCUT2D eigenvalue weighted by atomic mass is 10.2. The molecule has 9 heteroatoms. The molecule has 0 aliphatic carbocycles. The van der Waals surface area contributed by atoms with Gasteiger partial charge in [0, 0.05) is 5.69 Å². The van der Waals surface area contributed by atoms with Gasteiger partial charge >= 0.3 is 6.18 Å². The standard InChI is InChI=1S/C16H12ClF3N4S/c17-12-7-6-10(16(18,19)20)8-13(12)21-9-14-22-23-15(25)24(14)11-4-2-1-3-5-11/h1-8,21H,9H2,(H,23,25). The number of halogens is 4. The lowest BCUT2D eigenvalue weighted by Gasteiger charge is -2.13. The second kappa shape index (κ2) is 6.89. The number of anilines is 1. The third-order valence-corrected chi connectivity index (χ3v) is 4.09. The van der Waals surface area contributed by atoms with Gasteiger partial charge in [-0.1, -0.05) is 29.8 Å². The van der Waals surface area contributed by atoms with E-state index >= 15 is 0 Å². The second-order valence-corrected chi connectivity index (χ2v) is 5.96. The summed E-state index contributed by atoms with van der Waals surface area (Å²) in [5.74, 6) is 0.518. The van der Waals surface area contributed by atoms with Crippen LogP contribution in [0.25, 0.3) is 5.69 Å². The minimum absolute atomic E-state index is 0.142. The highest BCUT2D eigenvalue weighted by Crippen LogP contribution is 2.34. The van der Waals surface area contributed by atoms with Gasteiger partial charge in [-0.15, -0.1) is 0 Å². The Hall–Kier alpha value is -2.32. The van der Waals surface area contributed by atoms with Crippen molar-refractivity contribution in [3.05, 3.63) is 69.7 Å². The first kappa shape index (κ1) is 17.5. The van der Waals surface area contributed by atoms with Crippen LogP contribution in [0.3, 0.4) is 0 Å². The summed E-state index contributed by atoms with van der Waals surface area (Å²) in [7, 11) is 0. The van der Waals surface area contributed by atoms with Crippen LogP contribution < -0.4 is 5.32 Å². The molecule has 2 N–H and O–H groups in total. The van der Waals surface area contributed by atoms with Crippen LogP contribution in [0, 0.1) is 4.77 Å². The minimum Gasteiger partial charge on any atom is -0.377 e. The maximum Gasteiger partial charge on any atom is 0.416 e. The first-order valence-electron chi connectivity index (χ1n) is 7.18. The number of nitrogens with zero attached hydrogens (tertiary/aromatic N) is 2. The Bertz CT molecular complexity index is 935. The number of hydrogen-bond donors (Lipinski definition) is 2. The number of aromatic amines is 1. The Morgan fingerprint density at radius 1 is 1.16 bits per heavy atom. The van der Waals surface area contributed by atoms with Crippen LogP contribution in [0.5, 0.6) is 0 Å². The van der Waals surface area contributed by atoms with Gasteiger partial charge in [0.15, 0.2) is 10.6 Å². The summed E-state index contributed by atoms with van der Waals surface area (Å²) in [6, 6.07) is 12.4. The van der Waals surface area contributed by atoms with E-state index in [1.807, 2.05) is 30.3 Å². The number of aromatic nitrogens is 3. The molecule has 25 heavy (non-hydrogen) atoms. The minimum atomic E-state index is -4.44.